The maximum absolute atomic E-state index is 12.2. The number of carbonyl (C=O) groups is 1. The Labute approximate surface area is 116 Å². The maximum atomic E-state index is 12.2. The Morgan fingerprint density at radius 3 is 2.80 bits per heavy atom. The fraction of sp³-hybridized carbons (Fsp3) is 0.0667. The van der Waals surface area contributed by atoms with Gasteiger partial charge in [0.1, 0.15) is 5.75 Å². The van der Waals surface area contributed by atoms with Crippen molar-refractivity contribution in [2.75, 3.05) is 18.2 Å². The molecule has 0 saturated heterocycles. The van der Waals surface area contributed by atoms with Crippen LogP contribution in [0, 0.1) is 11.3 Å². The van der Waals surface area contributed by atoms with Gasteiger partial charge in [-0.3, -0.25) is 4.79 Å². The topological polar surface area (TPSA) is 88.1 Å². The van der Waals surface area contributed by atoms with Crippen LogP contribution in [0.2, 0.25) is 0 Å². The van der Waals surface area contributed by atoms with Crippen molar-refractivity contribution in [2.24, 2.45) is 0 Å². The van der Waals surface area contributed by atoms with Gasteiger partial charge in [-0.25, -0.2) is 0 Å². The minimum Gasteiger partial charge on any atom is -0.496 e. The van der Waals surface area contributed by atoms with Crippen LogP contribution in [-0.4, -0.2) is 13.0 Å². The van der Waals surface area contributed by atoms with Gasteiger partial charge in [0.25, 0.3) is 5.91 Å². The van der Waals surface area contributed by atoms with E-state index in [9.17, 15) is 4.79 Å². The minimum absolute atomic E-state index is 0.342. The van der Waals surface area contributed by atoms with Crippen molar-refractivity contribution in [1.29, 1.82) is 5.26 Å². The standard InChI is InChI=1S/C15H13N3O2/c1-20-14-6-5-11(17)8-13(14)15(19)18-12-4-2-3-10(7-12)9-16/h2-8H,17H2,1H3,(H,18,19). The smallest absolute Gasteiger partial charge is 0.259 e. The van der Waals surface area contributed by atoms with Gasteiger partial charge in [0.2, 0.25) is 0 Å². The lowest BCUT2D eigenvalue weighted by molar-refractivity contribution is 0.102. The molecule has 0 saturated carbocycles. The summed E-state index contributed by atoms with van der Waals surface area (Å²) in [4.78, 5) is 12.2. The number of nitrogens with zero attached hydrogens (tertiary/aromatic N) is 1. The van der Waals surface area contributed by atoms with Crippen LogP contribution in [0.25, 0.3) is 0 Å². The molecule has 100 valence electrons. The Kier molecular flexibility index (Phi) is 3.87. The first-order valence-electron chi connectivity index (χ1n) is 5.89. The third-order valence-electron chi connectivity index (χ3n) is 2.72. The number of hydrogen-bond acceptors (Lipinski definition) is 4. The van der Waals surface area contributed by atoms with E-state index < -0.39 is 0 Å². The van der Waals surface area contributed by atoms with Gasteiger partial charge in [-0.15, -0.1) is 0 Å². The predicted octanol–water partition coefficient (Wildman–Crippen LogP) is 2.40. The molecular weight excluding hydrogens is 254 g/mol. The number of ether oxygens (including phenoxy) is 1. The van der Waals surface area contributed by atoms with Crippen LogP contribution in [-0.2, 0) is 0 Å². The Bertz CT molecular complexity index is 690. The highest BCUT2D eigenvalue weighted by Crippen LogP contribution is 2.22. The lowest BCUT2D eigenvalue weighted by Crippen LogP contribution is -2.13. The summed E-state index contributed by atoms with van der Waals surface area (Å²) in [7, 11) is 1.48. The summed E-state index contributed by atoms with van der Waals surface area (Å²) in [6, 6.07) is 13.5. The van der Waals surface area contributed by atoms with Gasteiger partial charge < -0.3 is 15.8 Å². The van der Waals surface area contributed by atoms with Crippen LogP contribution in [0.15, 0.2) is 42.5 Å². The molecule has 0 fully saturated rings. The minimum atomic E-state index is -0.343. The Morgan fingerprint density at radius 1 is 1.30 bits per heavy atom. The van der Waals surface area contributed by atoms with Gasteiger partial charge in [0.05, 0.1) is 24.3 Å². The third kappa shape index (κ3) is 2.87. The molecular formula is C15H13N3O2. The van der Waals surface area contributed by atoms with Crippen LogP contribution < -0.4 is 15.8 Å². The average molecular weight is 267 g/mol. The zero-order valence-corrected chi connectivity index (χ0v) is 10.9. The number of carbonyl (C=O) groups excluding carboxylic acids is 1. The predicted molar refractivity (Wildman–Crippen MR) is 76.5 cm³/mol. The first-order chi connectivity index (χ1) is 9.63. The van der Waals surface area contributed by atoms with Gasteiger partial charge in [0.15, 0.2) is 0 Å². The molecule has 0 aliphatic carbocycles. The van der Waals surface area contributed by atoms with Crippen molar-refractivity contribution >= 4 is 17.3 Å². The fourth-order valence-electron chi connectivity index (χ4n) is 1.77. The van der Waals surface area contributed by atoms with E-state index >= 15 is 0 Å². The molecule has 0 unspecified atom stereocenters. The molecule has 5 nitrogen and oxygen atoms in total. The lowest BCUT2D eigenvalue weighted by Gasteiger charge is -2.10. The summed E-state index contributed by atoms with van der Waals surface area (Å²) >= 11 is 0. The molecule has 2 rings (SSSR count). The van der Waals surface area contributed by atoms with Gasteiger partial charge >= 0.3 is 0 Å². The summed E-state index contributed by atoms with van der Waals surface area (Å²) in [6.45, 7) is 0. The molecule has 0 aliphatic heterocycles. The first kappa shape index (κ1) is 13.4. The Morgan fingerprint density at radius 2 is 2.10 bits per heavy atom. The molecule has 0 aromatic heterocycles. The number of methoxy groups -OCH3 is 1. The molecule has 0 heterocycles. The largest absolute Gasteiger partial charge is 0.496 e. The zero-order chi connectivity index (χ0) is 14.5. The summed E-state index contributed by atoms with van der Waals surface area (Å²) in [5.41, 5.74) is 7.51. The van der Waals surface area contributed by atoms with E-state index in [1.807, 2.05) is 6.07 Å². The number of nitrogens with one attached hydrogen (secondary N) is 1. The highest BCUT2D eigenvalue weighted by Gasteiger charge is 2.13. The van der Waals surface area contributed by atoms with E-state index in [1.54, 1.807) is 42.5 Å². The number of anilines is 2. The molecule has 2 aromatic rings. The molecule has 0 aliphatic rings. The molecule has 0 radical (unpaired) electrons. The summed E-state index contributed by atoms with van der Waals surface area (Å²) in [5.74, 6) is 0.0948. The third-order valence-corrected chi connectivity index (χ3v) is 2.72. The van der Waals surface area contributed by atoms with Crippen LogP contribution in [0.3, 0.4) is 0 Å². The van der Waals surface area contributed by atoms with E-state index in [1.165, 1.54) is 7.11 Å². The molecule has 2 aromatic carbocycles. The van der Waals surface area contributed by atoms with Gasteiger partial charge in [-0.2, -0.15) is 5.26 Å². The second kappa shape index (κ2) is 5.76. The van der Waals surface area contributed by atoms with Crippen LogP contribution in [0.1, 0.15) is 15.9 Å². The van der Waals surface area contributed by atoms with Crippen LogP contribution in [0.5, 0.6) is 5.75 Å². The van der Waals surface area contributed by atoms with Crippen molar-refractivity contribution in [2.45, 2.75) is 0 Å². The van der Waals surface area contributed by atoms with E-state index in [4.69, 9.17) is 15.7 Å². The Hall–Kier alpha value is -3.00. The molecule has 0 bridgehead atoms. The average Bonchev–Trinajstić information content (AvgIpc) is 2.47. The second-order valence-corrected chi connectivity index (χ2v) is 4.11. The normalized spacial score (nSPS) is 9.60. The number of nitrogens with two attached hydrogens (primary N) is 1. The maximum Gasteiger partial charge on any atom is 0.259 e. The number of benzene rings is 2. The summed E-state index contributed by atoms with van der Waals surface area (Å²) < 4.78 is 5.14. The van der Waals surface area contributed by atoms with E-state index in [0.29, 0.717) is 28.3 Å². The van der Waals surface area contributed by atoms with Gasteiger partial charge in [0, 0.05) is 11.4 Å². The number of hydrogen-bond donors (Lipinski definition) is 2. The molecule has 3 N–H and O–H groups in total. The lowest BCUT2D eigenvalue weighted by atomic mass is 10.1. The molecule has 0 atom stereocenters. The van der Waals surface area contributed by atoms with E-state index in [2.05, 4.69) is 5.32 Å². The van der Waals surface area contributed by atoms with E-state index in [0.717, 1.165) is 0 Å². The van der Waals surface area contributed by atoms with Gasteiger partial charge in [-0.1, -0.05) is 6.07 Å². The zero-order valence-electron chi connectivity index (χ0n) is 10.9. The van der Waals surface area contributed by atoms with Crippen molar-refractivity contribution in [1.82, 2.24) is 0 Å². The number of nitrogen functional groups attached to an aromatic ring is 1. The summed E-state index contributed by atoms with van der Waals surface area (Å²) in [6.07, 6.45) is 0. The Balaban J connectivity index is 2.28. The first-order valence-corrected chi connectivity index (χ1v) is 5.89. The highest BCUT2D eigenvalue weighted by molar-refractivity contribution is 6.06. The molecule has 5 heteroatoms. The van der Waals surface area contributed by atoms with Crippen LogP contribution >= 0.6 is 0 Å². The number of rotatable bonds is 3. The molecule has 1 amide bonds. The van der Waals surface area contributed by atoms with Crippen molar-refractivity contribution in [3.8, 4) is 11.8 Å². The SMILES string of the molecule is COc1ccc(N)cc1C(=O)Nc1cccc(C#N)c1. The van der Waals surface area contributed by atoms with Crippen molar-refractivity contribution in [3.05, 3.63) is 53.6 Å². The quantitative estimate of drug-likeness (QED) is 0.836. The van der Waals surface area contributed by atoms with Crippen LogP contribution in [0.4, 0.5) is 11.4 Å². The van der Waals surface area contributed by atoms with E-state index in [-0.39, 0.29) is 5.91 Å². The fourth-order valence-corrected chi connectivity index (χ4v) is 1.77. The van der Waals surface area contributed by atoms with Crippen molar-refractivity contribution < 1.29 is 9.53 Å². The number of amides is 1. The number of nitriles is 1. The highest BCUT2D eigenvalue weighted by atomic mass is 16.5. The van der Waals surface area contributed by atoms with Crippen molar-refractivity contribution in [3.63, 3.8) is 0 Å². The molecule has 0 spiro atoms. The molecule has 20 heavy (non-hydrogen) atoms. The monoisotopic (exact) mass is 267 g/mol. The summed E-state index contributed by atoms with van der Waals surface area (Å²) in [5, 5.41) is 11.5. The van der Waals surface area contributed by atoms with Gasteiger partial charge in [-0.05, 0) is 36.4 Å². The second-order valence-electron chi connectivity index (χ2n) is 4.11.